The first-order chi connectivity index (χ1) is 20.8. The predicted molar refractivity (Wildman–Crippen MR) is 143 cm³/mol. The van der Waals surface area contributed by atoms with Crippen LogP contribution < -0.4 is 14.8 Å². The number of hydrogen-bond donors (Lipinski definition) is 2. The zero-order valence-corrected chi connectivity index (χ0v) is 22.6. The van der Waals surface area contributed by atoms with Crippen molar-refractivity contribution in [3.8, 4) is 17.2 Å². The average Bonchev–Trinajstić information content (AvgIpc) is 3.36. The lowest BCUT2D eigenvalue weighted by Crippen LogP contribution is -2.49. The van der Waals surface area contributed by atoms with Gasteiger partial charge in [0.1, 0.15) is 17.2 Å². The van der Waals surface area contributed by atoms with E-state index in [-0.39, 0.29) is 11.8 Å². The number of rotatable bonds is 6. The number of hydrogen-bond acceptors (Lipinski definition) is 7. The number of urea groups is 1. The monoisotopic (exact) mass is 626 g/mol. The molecule has 2 amide bonds. The Bertz CT molecular complexity index is 1570. The molecule has 0 aliphatic carbocycles. The molecule has 1 aromatic heterocycles. The maximum absolute atomic E-state index is 12.7. The molecule has 2 N–H and O–H groups in total. The lowest BCUT2D eigenvalue weighted by molar-refractivity contribution is -0.274. The Hall–Kier alpha value is -4.99. The van der Waals surface area contributed by atoms with Crippen molar-refractivity contribution in [2.75, 3.05) is 31.5 Å². The van der Waals surface area contributed by atoms with Crippen LogP contribution in [-0.4, -0.2) is 70.8 Å². The second kappa shape index (κ2) is 13.5. The number of ether oxygens (including phenoxy) is 2. The van der Waals surface area contributed by atoms with Gasteiger partial charge in [0.25, 0.3) is 0 Å². The average molecular weight is 627 g/mol. The second-order valence-electron chi connectivity index (χ2n) is 9.29. The molecule has 44 heavy (non-hydrogen) atoms. The number of carbonyl (C=O) groups is 2. The van der Waals surface area contributed by atoms with E-state index in [1.165, 1.54) is 24.3 Å². The van der Waals surface area contributed by atoms with Crippen molar-refractivity contribution in [1.82, 2.24) is 15.0 Å². The molecule has 0 radical (unpaired) electrons. The summed E-state index contributed by atoms with van der Waals surface area (Å²) >= 11 is 0. The highest BCUT2D eigenvalue weighted by molar-refractivity contribution is 5.98. The van der Waals surface area contributed by atoms with Gasteiger partial charge in [0, 0.05) is 32.7 Å². The van der Waals surface area contributed by atoms with Gasteiger partial charge in [-0.05, 0) is 54.1 Å². The summed E-state index contributed by atoms with van der Waals surface area (Å²) < 4.78 is 83.6. The quantitative estimate of drug-likeness (QED) is 0.233. The van der Waals surface area contributed by atoms with Crippen LogP contribution in [-0.2, 0) is 11.3 Å². The number of carboxylic acids is 1. The van der Waals surface area contributed by atoms with E-state index in [1.54, 1.807) is 17.0 Å². The number of aliphatic carboxylic acids is 1. The third-order valence-corrected chi connectivity index (χ3v) is 6.10. The Kier molecular flexibility index (Phi) is 9.83. The van der Waals surface area contributed by atoms with Crippen molar-refractivity contribution in [3.05, 3.63) is 78.4 Å². The van der Waals surface area contributed by atoms with Crippen LogP contribution in [0.4, 0.5) is 37.0 Å². The lowest BCUT2D eigenvalue weighted by atomic mass is 10.2. The molecule has 3 aromatic carbocycles. The zero-order chi connectivity index (χ0) is 31.9. The van der Waals surface area contributed by atoms with Gasteiger partial charge in [-0.1, -0.05) is 29.4 Å². The van der Waals surface area contributed by atoms with E-state index >= 15 is 0 Å². The first-order valence-corrected chi connectivity index (χ1v) is 12.8. The molecule has 0 bridgehead atoms. The maximum atomic E-state index is 12.7. The molecule has 1 fully saturated rings. The van der Waals surface area contributed by atoms with Gasteiger partial charge < -0.3 is 24.0 Å². The maximum Gasteiger partial charge on any atom is 0.573 e. The van der Waals surface area contributed by atoms with Crippen LogP contribution in [0.1, 0.15) is 5.56 Å². The third kappa shape index (κ3) is 9.26. The normalized spacial score (nSPS) is 14.0. The number of carbonyl (C=O) groups excluding carboxylic acids is 1. The summed E-state index contributed by atoms with van der Waals surface area (Å²) in [6.07, 6.45) is -9.82. The standard InChI is InChI=1S/C26H23F3N4O4.C2HF3O2/c27-26(28,29)36-20-10-8-19(9-11-20)35-21-5-3-4-18(16-21)17-32-12-14-33(15-13-32)25(34)30-24-22-6-1-2-7-23(22)37-31-24;3-2(4,5)1(6)7/h1-11,16H,12-15,17H2,(H,30,31,34);(H,6,7). The first kappa shape index (κ1) is 31.9. The minimum Gasteiger partial charge on any atom is -0.475 e. The van der Waals surface area contributed by atoms with E-state index in [2.05, 4.69) is 20.1 Å². The molecule has 5 rings (SSSR count). The third-order valence-electron chi connectivity index (χ3n) is 6.10. The fraction of sp³-hybridized carbons (Fsp3) is 0.250. The topological polar surface area (TPSA) is 117 Å². The van der Waals surface area contributed by atoms with Gasteiger partial charge in [-0.3, -0.25) is 10.2 Å². The fourth-order valence-corrected chi connectivity index (χ4v) is 4.08. The van der Waals surface area contributed by atoms with Crippen molar-refractivity contribution in [1.29, 1.82) is 0 Å². The molecule has 1 saturated heterocycles. The molecule has 2 heterocycles. The molecule has 0 atom stereocenters. The Balaban J connectivity index is 0.000000566. The minimum absolute atomic E-state index is 0.222. The van der Waals surface area contributed by atoms with E-state index in [0.717, 1.165) is 10.9 Å². The number of fused-ring (bicyclic) bond motifs is 1. The first-order valence-electron chi connectivity index (χ1n) is 12.8. The summed E-state index contributed by atoms with van der Waals surface area (Å²) in [7, 11) is 0. The molecule has 1 aliphatic rings. The molecular formula is C28H24F6N4O6. The van der Waals surface area contributed by atoms with Crippen molar-refractivity contribution in [3.63, 3.8) is 0 Å². The molecular weight excluding hydrogens is 602 g/mol. The number of amides is 2. The second-order valence-corrected chi connectivity index (χ2v) is 9.29. The molecule has 1 aliphatic heterocycles. The molecule has 0 saturated carbocycles. The number of benzene rings is 3. The minimum atomic E-state index is -5.08. The SMILES string of the molecule is O=C(Nc1noc2ccccc12)N1CCN(Cc2cccc(Oc3ccc(OC(F)(F)F)cc3)c2)CC1.O=C(O)C(F)(F)F. The van der Waals surface area contributed by atoms with E-state index in [9.17, 15) is 31.1 Å². The molecule has 234 valence electrons. The highest BCUT2D eigenvalue weighted by atomic mass is 19.4. The summed E-state index contributed by atoms with van der Waals surface area (Å²) in [5.41, 5.74) is 1.63. The summed E-state index contributed by atoms with van der Waals surface area (Å²) in [4.78, 5) is 25.6. The Morgan fingerprint density at radius 2 is 1.50 bits per heavy atom. The van der Waals surface area contributed by atoms with Crippen LogP contribution in [0, 0.1) is 0 Å². The number of alkyl halides is 6. The molecule has 0 spiro atoms. The highest BCUT2D eigenvalue weighted by Crippen LogP contribution is 2.28. The van der Waals surface area contributed by atoms with Gasteiger partial charge >= 0.3 is 24.5 Å². The zero-order valence-electron chi connectivity index (χ0n) is 22.6. The van der Waals surface area contributed by atoms with Crippen LogP contribution >= 0.6 is 0 Å². The number of para-hydroxylation sites is 1. The van der Waals surface area contributed by atoms with Crippen molar-refractivity contribution in [2.45, 2.75) is 19.1 Å². The molecule has 16 heteroatoms. The van der Waals surface area contributed by atoms with Gasteiger partial charge in [-0.15, -0.1) is 13.2 Å². The highest BCUT2D eigenvalue weighted by Gasteiger charge is 2.38. The molecule has 0 unspecified atom stereocenters. The van der Waals surface area contributed by atoms with E-state index < -0.39 is 18.5 Å². The number of nitrogens with zero attached hydrogens (tertiary/aromatic N) is 3. The van der Waals surface area contributed by atoms with Crippen LogP contribution in [0.25, 0.3) is 11.0 Å². The summed E-state index contributed by atoms with van der Waals surface area (Å²) in [6.45, 7) is 3.17. The summed E-state index contributed by atoms with van der Waals surface area (Å²) in [5.74, 6) is -1.70. The summed E-state index contributed by atoms with van der Waals surface area (Å²) in [5, 5.41) is 14.7. The van der Waals surface area contributed by atoms with Gasteiger partial charge in [0.05, 0.1) is 5.39 Å². The number of piperazine rings is 1. The van der Waals surface area contributed by atoms with E-state index in [4.69, 9.17) is 19.2 Å². The van der Waals surface area contributed by atoms with Gasteiger partial charge in [-0.2, -0.15) is 13.2 Å². The van der Waals surface area contributed by atoms with Crippen molar-refractivity contribution >= 4 is 28.8 Å². The summed E-state index contributed by atoms with van der Waals surface area (Å²) in [6, 6.07) is 19.8. The van der Waals surface area contributed by atoms with Crippen LogP contribution in [0.5, 0.6) is 17.2 Å². The van der Waals surface area contributed by atoms with Gasteiger partial charge in [-0.25, -0.2) is 9.59 Å². The molecule has 10 nitrogen and oxygen atoms in total. The predicted octanol–water partition coefficient (Wildman–Crippen LogP) is 6.50. The largest absolute Gasteiger partial charge is 0.573 e. The van der Waals surface area contributed by atoms with E-state index in [1.807, 2.05) is 36.4 Å². The van der Waals surface area contributed by atoms with Crippen molar-refractivity contribution < 1.29 is 55.0 Å². The van der Waals surface area contributed by atoms with Crippen LogP contribution in [0.2, 0.25) is 0 Å². The van der Waals surface area contributed by atoms with Crippen molar-refractivity contribution in [2.24, 2.45) is 0 Å². The van der Waals surface area contributed by atoms with Crippen LogP contribution in [0.3, 0.4) is 0 Å². The van der Waals surface area contributed by atoms with Gasteiger partial charge in [0.2, 0.25) is 0 Å². The van der Waals surface area contributed by atoms with E-state index in [0.29, 0.717) is 55.6 Å². The number of anilines is 1. The Labute approximate surface area is 245 Å². The Morgan fingerprint density at radius 1 is 0.864 bits per heavy atom. The Morgan fingerprint density at radius 3 is 2.14 bits per heavy atom. The number of aromatic nitrogens is 1. The number of halogens is 6. The lowest BCUT2D eigenvalue weighted by Gasteiger charge is -2.34. The number of carboxylic acid groups (broad SMARTS) is 1. The fourth-order valence-electron chi connectivity index (χ4n) is 4.08. The molecule has 4 aromatic rings. The van der Waals surface area contributed by atoms with Crippen LogP contribution in [0.15, 0.2) is 77.3 Å². The smallest absolute Gasteiger partial charge is 0.475 e. The van der Waals surface area contributed by atoms with Gasteiger partial charge in [0.15, 0.2) is 11.4 Å². The number of nitrogens with one attached hydrogen (secondary N) is 1.